The van der Waals surface area contributed by atoms with Crippen molar-refractivity contribution in [3.63, 3.8) is 0 Å². The molecule has 1 aromatic rings. The highest BCUT2D eigenvalue weighted by Crippen LogP contribution is 2.32. The molecule has 2 aliphatic rings. The van der Waals surface area contributed by atoms with E-state index in [-0.39, 0.29) is 0 Å². The van der Waals surface area contributed by atoms with E-state index in [1.807, 2.05) is 0 Å². The first-order valence-electron chi connectivity index (χ1n) is 7.77. The van der Waals surface area contributed by atoms with E-state index in [4.69, 9.17) is 0 Å². The van der Waals surface area contributed by atoms with Crippen LogP contribution in [-0.2, 0) is 6.42 Å². The zero-order valence-corrected chi connectivity index (χ0v) is 11.3. The van der Waals surface area contributed by atoms with E-state index >= 15 is 0 Å². The fourth-order valence-corrected chi connectivity index (χ4v) is 3.64. The molecule has 2 aliphatic carbocycles. The minimum atomic E-state index is 0.630. The van der Waals surface area contributed by atoms with Crippen LogP contribution >= 0.6 is 0 Å². The summed E-state index contributed by atoms with van der Waals surface area (Å²) < 4.78 is 0. The largest absolute Gasteiger partial charge is 0.307 e. The summed E-state index contributed by atoms with van der Waals surface area (Å²) in [6.07, 6.45) is 12.5. The van der Waals surface area contributed by atoms with Gasteiger partial charge in [-0.05, 0) is 36.8 Å². The average Bonchev–Trinajstić information content (AvgIpc) is 2.76. The number of aryl methyl sites for hydroxylation is 1. The normalized spacial score (nSPS) is 25.4. The standard InChI is InChI=1S/C17H25N/c1-2-4-9-15(10-5-3-1)18-17-13-12-14-8-6-7-11-16(14)17/h6-8,11,15,17-18H,1-5,9-10,12-13H2/t17-/m0/s1. The van der Waals surface area contributed by atoms with E-state index in [0.29, 0.717) is 6.04 Å². The van der Waals surface area contributed by atoms with Crippen molar-refractivity contribution in [2.45, 2.75) is 69.9 Å². The molecule has 0 spiro atoms. The van der Waals surface area contributed by atoms with Crippen LogP contribution < -0.4 is 5.32 Å². The summed E-state index contributed by atoms with van der Waals surface area (Å²) in [5, 5.41) is 3.94. The third-order valence-corrected chi connectivity index (χ3v) is 4.67. The summed E-state index contributed by atoms with van der Waals surface area (Å²) in [5.41, 5.74) is 3.14. The van der Waals surface area contributed by atoms with Gasteiger partial charge in [0.05, 0.1) is 0 Å². The van der Waals surface area contributed by atoms with Crippen molar-refractivity contribution in [3.05, 3.63) is 35.4 Å². The molecule has 0 heterocycles. The Bertz CT molecular complexity index is 377. The summed E-state index contributed by atoms with van der Waals surface area (Å²) in [6.45, 7) is 0. The van der Waals surface area contributed by atoms with Gasteiger partial charge >= 0.3 is 0 Å². The van der Waals surface area contributed by atoms with Gasteiger partial charge in [0.2, 0.25) is 0 Å². The maximum Gasteiger partial charge on any atom is 0.0328 e. The summed E-state index contributed by atoms with van der Waals surface area (Å²) in [4.78, 5) is 0. The van der Waals surface area contributed by atoms with Gasteiger partial charge in [-0.1, -0.05) is 56.4 Å². The van der Waals surface area contributed by atoms with E-state index in [1.54, 1.807) is 11.1 Å². The smallest absolute Gasteiger partial charge is 0.0328 e. The Hall–Kier alpha value is -0.820. The Morgan fingerprint density at radius 2 is 1.56 bits per heavy atom. The first kappa shape index (κ1) is 12.2. The van der Waals surface area contributed by atoms with Crippen LogP contribution in [0.1, 0.15) is 68.5 Å². The molecule has 1 aromatic carbocycles. The molecule has 98 valence electrons. The van der Waals surface area contributed by atoms with Crippen LogP contribution in [0.15, 0.2) is 24.3 Å². The van der Waals surface area contributed by atoms with Gasteiger partial charge in [0, 0.05) is 12.1 Å². The predicted octanol–water partition coefficient (Wildman–Crippen LogP) is 4.38. The third kappa shape index (κ3) is 2.77. The van der Waals surface area contributed by atoms with Gasteiger partial charge in [0.25, 0.3) is 0 Å². The molecule has 1 fully saturated rings. The molecule has 0 aromatic heterocycles. The Balaban J connectivity index is 1.62. The molecule has 1 nitrogen and oxygen atoms in total. The van der Waals surface area contributed by atoms with Crippen LogP contribution in [0.2, 0.25) is 0 Å². The third-order valence-electron chi connectivity index (χ3n) is 4.67. The number of hydrogen-bond acceptors (Lipinski definition) is 1. The van der Waals surface area contributed by atoms with Crippen molar-refractivity contribution in [1.82, 2.24) is 5.32 Å². The van der Waals surface area contributed by atoms with Crippen molar-refractivity contribution in [3.8, 4) is 0 Å². The van der Waals surface area contributed by atoms with Gasteiger partial charge in [-0.25, -0.2) is 0 Å². The van der Waals surface area contributed by atoms with Gasteiger partial charge in [-0.2, -0.15) is 0 Å². The minimum absolute atomic E-state index is 0.630. The number of nitrogens with one attached hydrogen (secondary N) is 1. The van der Waals surface area contributed by atoms with Crippen molar-refractivity contribution >= 4 is 0 Å². The number of hydrogen-bond donors (Lipinski definition) is 1. The highest BCUT2D eigenvalue weighted by atomic mass is 15.0. The Labute approximate surface area is 111 Å². The maximum atomic E-state index is 3.94. The molecule has 1 N–H and O–H groups in total. The second-order valence-corrected chi connectivity index (χ2v) is 6.00. The Kier molecular flexibility index (Phi) is 3.99. The number of benzene rings is 1. The molecule has 0 aliphatic heterocycles. The lowest BCUT2D eigenvalue weighted by Crippen LogP contribution is -2.32. The lowest BCUT2D eigenvalue weighted by atomic mass is 9.95. The van der Waals surface area contributed by atoms with E-state index in [9.17, 15) is 0 Å². The Morgan fingerprint density at radius 1 is 0.833 bits per heavy atom. The molecule has 0 amide bonds. The first-order valence-corrected chi connectivity index (χ1v) is 7.77. The summed E-state index contributed by atoms with van der Waals surface area (Å²) >= 11 is 0. The molecule has 0 unspecified atom stereocenters. The monoisotopic (exact) mass is 243 g/mol. The van der Waals surface area contributed by atoms with Crippen LogP contribution in [0.5, 0.6) is 0 Å². The quantitative estimate of drug-likeness (QED) is 0.813. The van der Waals surface area contributed by atoms with Crippen LogP contribution in [-0.4, -0.2) is 6.04 Å². The highest BCUT2D eigenvalue weighted by Gasteiger charge is 2.24. The molecule has 0 saturated heterocycles. The molecule has 0 radical (unpaired) electrons. The van der Waals surface area contributed by atoms with Gasteiger partial charge < -0.3 is 5.32 Å². The fraction of sp³-hybridized carbons (Fsp3) is 0.647. The van der Waals surface area contributed by atoms with Gasteiger partial charge in [0.15, 0.2) is 0 Å². The van der Waals surface area contributed by atoms with Crippen LogP contribution in [0.25, 0.3) is 0 Å². The molecule has 1 saturated carbocycles. The van der Waals surface area contributed by atoms with E-state index < -0.39 is 0 Å². The average molecular weight is 243 g/mol. The van der Waals surface area contributed by atoms with Crippen LogP contribution in [0.4, 0.5) is 0 Å². The summed E-state index contributed by atoms with van der Waals surface area (Å²) in [7, 11) is 0. The molecular formula is C17H25N. The van der Waals surface area contributed by atoms with Crippen molar-refractivity contribution in [2.24, 2.45) is 0 Å². The van der Waals surface area contributed by atoms with E-state index in [0.717, 1.165) is 6.04 Å². The second kappa shape index (κ2) is 5.88. The summed E-state index contributed by atoms with van der Waals surface area (Å²) in [5.74, 6) is 0. The van der Waals surface area contributed by atoms with Crippen molar-refractivity contribution in [2.75, 3.05) is 0 Å². The van der Waals surface area contributed by atoms with Gasteiger partial charge in [-0.3, -0.25) is 0 Å². The molecule has 0 bridgehead atoms. The van der Waals surface area contributed by atoms with Crippen molar-refractivity contribution < 1.29 is 0 Å². The molecule has 18 heavy (non-hydrogen) atoms. The number of rotatable bonds is 2. The predicted molar refractivity (Wildman–Crippen MR) is 76.7 cm³/mol. The lowest BCUT2D eigenvalue weighted by Gasteiger charge is -2.25. The minimum Gasteiger partial charge on any atom is -0.307 e. The molecule has 1 atom stereocenters. The second-order valence-electron chi connectivity index (χ2n) is 6.00. The molecule has 1 heteroatoms. The van der Waals surface area contributed by atoms with E-state index in [2.05, 4.69) is 29.6 Å². The fourth-order valence-electron chi connectivity index (χ4n) is 3.64. The van der Waals surface area contributed by atoms with Crippen LogP contribution in [0, 0.1) is 0 Å². The highest BCUT2D eigenvalue weighted by molar-refractivity contribution is 5.34. The zero-order chi connectivity index (χ0) is 12.2. The lowest BCUT2D eigenvalue weighted by molar-refractivity contribution is 0.352. The number of fused-ring (bicyclic) bond motifs is 1. The molecular weight excluding hydrogens is 218 g/mol. The summed E-state index contributed by atoms with van der Waals surface area (Å²) in [6, 6.07) is 10.4. The first-order chi connectivity index (χ1) is 8.93. The topological polar surface area (TPSA) is 12.0 Å². The van der Waals surface area contributed by atoms with Crippen molar-refractivity contribution in [1.29, 1.82) is 0 Å². The van der Waals surface area contributed by atoms with Gasteiger partial charge in [0.1, 0.15) is 0 Å². The van der Waals surface area contributed by atoms with Crippen LogP contribution in [0.3, 0.4) is 0 Å². The SMILES string of the molecule is c1ccc2c(c1)CC[C@@H]2NC1CCCCCCC1. The molecule has 3 rings (SSSR count). The van der Waals surface area contributed by atoms with Gasteiger partial charge in [-0.15, -0.1) is 0 Å². The Morgan fingerprint density at radius 3 is 2.39 bits per heavy atom. The maximum absolute atomic E-state index is 3.94. The zero-order valence-electron chi connectivity index (χ0n) is 11.3. The van der Waals surface area contributed by atoms with E-state index in [1.165, 1.54) is 57.8 Å².